The quantitative estimate of drug-likeness (QED) is 0.139. The SMILES string of the molecule is O=C(O)c1ccc(C(=O)Nc2cccc(SC(C(=O)Nc3cccc4ccccc34)c3ccccc3)c2)c(C(=O)O)c1. The highest BCUT2D eigenvalue weighted by molar-refractivity contribution is 8.00. The number of rotatable bonds is 9. The fourth-order valence-electron chi connectivity index (χ4n) is 4.47. The Labute approximate surface area is 245 Å². The van der Waals surface area contributed by atoms with Gasteiger partial charge in [-0.1, -0.05) is 72.8 Å². The smallest absolute Gasteiger partial charge is 0.336 e. The molecule has 5 aromatic rings. The molecule has 0 bridgehead atoms. The second kappa shape index (κ2) is 12.4. The van der Waals surface area contributed by atoms with Crippen LogP contribution in [-0.4, -0.2) is 34.0 Å². The number of carbonyl (C=O) groups excluding carboxylic acids is 2. The van der Waals surface area contributed by atoms with Crippen molar-refractivity contribution < 1.29 is 29.4 Å². The van der Waals surface area contributed by atoms with Crippen molar-refractivity contribution in [1.29, 1.82) is 0 Å². The van der Waals surface area contributed by atoms with Gasteiger partial charge in [0.1, 0.15) is 5.25 Å². The standard InChI is InChI=1S/C33H24N2O6S/c36-30(26-17-16-22(32(38)39)18-27(26)33(40)41)34-23-12-7-13-24(19-23)42-29(21-9-2-1-3-10-21)31(37)35-28-15-6-11-20-8-4-5-14-25(20)28/h1-19,29H,(H,34,36)(H,35,37)(H,38,39)(H,40,41). The molecular formula is C33H24N2O6S. The van der Waals surface area contributed by atoms with Crippen LogP contribution in [0.2, 0.25) is 0 Å². The third-order valence-electron chi connectivity index (χ3n) is 6.48. The van der Waals surface area contributed by atoms with E-state index in [1.165, 1.54) is 23.9 Å². The van der Waals surface area contributed by atoms with Crippen molar-refractivity contribution in [1.82, 2.24) is 0 Å². The largest absolute Gasteiger partial charge is 0.478 e. The molecule has 1 unspecified atom stereocenters. The summed E-state index contributed by atoms with van der Waals surface area (Å²) >= 11 is 1.30. The minimum atomic E-state index is -1.42. The van der Waals surface area contributed by atoms with Gasteiger partial charge < -0.3 is 20.8 Å². The Hall–Kier alpha value is -5.41. The number of thioether (sulfide) groups is 1. The summed E-state index contributed by atoms with van der Waals surface area (Å²) in [4.78, 5) is 50.4. The van der Waals surface area contributed by atoms with Crippen molar-refractivity contribution in [3.05, 3.63) is 138 Å². The number of aromatic carboxylic acids is 2. The van der Waals surface area contributed by atoms with Crippen LogP contribution in [0.4, 0.5) is 11.4 Å². The van der Waals surface area contributed by atoms with Crippen molar-refractivity contribution in [2.24, 2.45) is 0 Å². The average molecular weight is 577 g/mol. The van der Waals surface area contributed by atoms with Gasteiger partial charge in [0.05, 0.1) is 16.7 Å². The van der Waals surface area contributed by atoms with Crippen LogP contribution in [0.25, 0.3) is 10.8 Å². The number of carboxylic acid groups (broad SMARTS) is 2. The number of benzene rings is 5. The van der Waals surface area contributed by atoms with Crippen LogP contribution in [0.15, 0.2) is 120 Å². The van der Waals surface area contributed by atoms with Crippen molar-refractivity contribution in [2.75, 3.05) is 10.6 Å². The lowest BCUT2D eigenvalue weighted by Gasteiger charge is -2.18. The maximum absolute atomic E-state index is 13.7. The molecule has 0 saturated heterocycles. The number of fused-ring (bicyclic) bond motifs is 1. The molecule has 0 aromatic heterocycles. The highest BCUT2D eigenvalue weighted by Gasteiger charge is 2.24. The Morgan fingerprint density at radius 2 is 1.36 bits per heavy atom. The summed E-state index contributed by atoms with van der Waals surface area (Å²) in [6.07, 6.45) is 0. The zero-order valence-electron chi connectivity index (χ0n) is 22.0. The molecule has 0 fully saturated rings. The van der Waals surface area contributed by atoms with E-state index in [-0.39, 0.29) is 17.0 Å². The highest BCUT2D eigenvalue weighted by Crippen LogP contribution is 2.38. The molecule has 208 valence electrons. The van der Waals surface area contributed by atoms with Gasteiger partial charge in [0.2, 0.25) is 5.91 Å². The highest BCUT2D eigenvalue weighted by atomic mass is 32.2. The molecule has 5 aromatic carbocycles. The van der Waals surface area contributed by atoms with Crippen LogP contribution in [0, 0.1) is 0 Å². The molecule has 2 amide bonds. The third kappa shape index (κ3) is 6.32. The molecule has 0 aliphatic carbocycles. The van der Waals surface area contributed by atoms with Crippen LogP contribution >= 0.6 is 11.8 Å². The van der Waals surface area contributed by atoms with Gasteiger partial charge in [0, 0.05) is 21.7 Å². The van der Waals surface area contributed by atoms with Crippen LogP contribution < -0.4 is 10.6 Å². The van der Waals surface area contributed by atoms with Gasteiger partial charge in [-0.25, -0.2) is 9.59 Å². The van der Waals surface area contributed by atoms with Crippen LogP contribution in [0.3, 0.4) is 0 Å². The minimum Gasteiger partial charge on any atom is -0.478 e. The molecule has 0 aliphatic rings. The summed E-state index contributed by atoms with van der Waals surface area (Å²) in [5.41, 5.74) is 1.03. The molecule has 0 spiro atoms. The molecule has 0 aliphatic heterocycles. The molecule has 1 atom stereocenters. The van der Waals surface area contributed by atoms with E-state index in [9.17, 15) is 29.4 Å². The first-order chi connectivity index (χ1) is 20.3. The lowest BCUT2D eigenvalue weighted by molar-refractivity contribution is -0.115. The number of amides is 2. The Morgan fingerprint density at radius 1 is 0.643 bits per heavy atom. The topological polar surface area (TPSA) is 133 Å². The summed E-state index contributed by atoms with van der Waals surface area (Å²) in [7, 11) is 0. The van der Waals surface area contributed by atoms with Gasteiger partial charge in [-0.05, 0) is 53.4 Å². The fraction of sp³-hybridized carbons (Fsp3) is 0.0303. The summed E-state index contributed by atoms with van der Waals surface area (Å²) in [5.74, 6) is -3.65. The first-order valence-corrected chi connectivity index (χ1v) is 13.7. The molecule has 9 heteroatoms. The lowest BCUT2D eigenvalue weighted by Crippen LogP contribution is -2.19. The third-order valence-corrected chi connectivity index (χ3v) is 7.72. The number of nitrogens with one attached hydrogen (secondary N) is 2. The van der Waals surface area contributed by atoms with Crippen molar-refractivity contribution in [3.8, 4) is 0 Å². The Bertz CT molecular complexity index is 1820. The Kier molecular flexibility index (Phi) is 8.31. The van der Waals surface area contributed by atoms with E-state index in [0.29, 0.717) is 16.3 Å². The minimum absolute atomic E-state index is 0.179. The number of anilines is 2. The van der Waals surface area contributed by atoms with Crippen molar-refractivity contribution in [2.45, 2.75) is 10.1 Å². The molecular weight excluding hydrogens is 552 g/mol. The maximum atomic E-state index is 13.7. The monoisotopic (exact) mass is 576 g/mol. The first kappa shape index (κ1) is 28.1. The molecule has 4 N–H and O–H groups in total. The summed E-state index contributed by atoms with van der Waals surface area (Å²) < 4.78 is 0. The number of carbonyl (C=O) groups is 4. The number of hydrogen-bond acceptors (Lipinski definition) is 5. The van der Waals surface area contributed by atoms with E-state index >= 15 is 0 Å². The molecule has 5 rings (SSSR count). The fourth-order valence-corrected chi connectivity index (χ4v) is 5.55. The van der Waals surface area contributed by atoms with E-state index < -0.39 is 28.7 Å². The van der Waals surface area contributed by atoms with E-state index in [0.717, 1.165) is 22.4 Å². The van der Waals surface area contributed by atoms with Gasteiger partial charge in [0.15, 0.2) is 0 Å². The van der Waals surface area contributed by atoms with Gasteiger partial charge in [-0.2, -0.15) is 0 Å². The van der Waals surface area contributed by atoms with Gasteiger partial charge in [0.25, 0.3) is 5.91 Å². The molecule has 42 heavy (non-hydrogen) atoms. The predicted octanol–water partition coefficient (Wildman–Crippen LogP) is 6.96. The summed E-state index contributed by atoms with van der Waals surface area (Å²) in [6.45, 7) is 0. The van der Waals surface area contributed by atoms with Crippen molar-refractivity contribution in [3.63, 3.8) is 0 Å². The average Bonchev–Trinajstić information content (AvgIpc) is 3.00. The maximum Gasteiger partial charge on any atom is 0.336 e. The Balaban J connectivity index is 1.39. The summed E-state index contributed by atoms with van der Waals surface area (Å²) in [5, 5.41) is 25.8. The van der Waals surface area contributed by atoms with E-state index in [2.05, 4.69) is 10.6 Å². The molecule has 0 saturated carbocycles. The van der Waals surface area contributed by atoms with Crippen LogP contribution in [0.1, 0.15) is 41.9 Å². The van der Waals surface area contributed by atoms with Crippen molar-refractivity contribution >= 4 is 57.7 Å². The second-order valence-electron chi connectivity index (χ2n) is 9.28. The van der Waals surface area contributed by atoms with Crippen LogP contribution in [0.5, 0.6) is 0 Å². The van der Waals surface area contributed by atoms with Gasteiger partial charge >= 0.3 is 11.9 Å². The van der Waals surface area contributed by atoms with Gasteiger partial charge in [-0.15, -0.1) is 11.8 Å². The first-order valence-electron chi connectivity index (χ1n) is 12.8. The normalized spacial score (nSPS) is 11.4. The predicted molar refractivity (Wildman–Crippen MR) is 162 cm³/mol. The van der Waals surface area contributed by atoms with Crippen LogP contribution in [-0.2, 0) is 4.79 Å². The van der Waals surface area contributed by atoms with E-state index in [1.54, 1.807) is 18.2 Å². The Morgan fingerprint density at radius 3 is 2.12 bits per heavy atom. The zero-order valence-corrected chi connectivity index (χ0v) is 22.8. The van der Waals surface area contributed by atoms with E-state index in [1.807, 2.05) is 78.9 Å². The molecule has 8 nitrogen and oxygen atoms in total. The number of hydrogen-bond donors (Lipinski definition) is 4. The summed E-state index contributed by atoms with van der Waals surface area (Å²) in [6, 6.07) is 33.0. The lowest BCUT2D eigenvalue weighted by atomic mass is 10.0. The number of carboxylic acids is 2. The molecule has 0 heterocycles. The second-order valence-corrected chi connectivity index (χ2v) is 10.5. The molecule has 0 radical (unpaired) electrons. The zero-order chi connectivity index (χ0) is 29.6. The van der Waals surface area contributed by atoms with E-state index in [4.69, 9.17) is 0 Å². The van der Waals surface area contributed by atoms with Gasteiger partial charge in [-0.3, -0.25) is 9.59 Å².